The lowest BCUT2D eigenvalue weighted by atomic mass is 10.2. The van der Waals surface area contributed by atoms with Crippen molar-refractivity contribution in [2.24, 2.45) is 0 Å². The van der Waals surface area contributed by atoms with Crippen LogP contribution in [0, 0.1) is 11.3 Å². The van der Waals surface area contributed by atoms with Crippen LogP contribution in [-0.2, 0) is 12.8 Å². The van der Waals surface area contributed by atoms with E-state index < -0.39 is 0 Å². The largest absolute Gasteiger partial charge is 0.497 e. The second-order valence-corrected chi connectivity index (χ2v) is 4.35. The molecule has 1 heterocycles. The number of hydrogen-bond acceptors (Lipinski definition) is 3. The van der Waals surface area contributed by atoms with E-state index >= 15 is 0 Å². The maximum absolute atomic E-state index is 9.30. The number of nitriles is 1. The van der Waals surface area contributed by atoms with Gasteiger partial charge in [-0.05, 0) is 43.5 Å². The number of aromatic nitrogens is 2. The van der Waals surface area contributed by atoms with Gasteiger partial charge in [0, 0.05) is 5.56 Å². The van der Waals surface area contributed by atoms with Crippen molar-refractivity contribution in [1.82, 2.24) is 9.78 Å². The summed E-state index contributed by atoms with van der Waals surface area (Å²) >= 11 is 0. The van der Waals surface area contributed by atoms with Crippen molar-refractivity contribution in [3.8, 4) is 17.5 Å². The van der Waals surface area contributed by atoms with Crippen LogP contribution in [0.1, 0.15) is 23.4 Å². The minimum Gasteiger partial charge on any atom is -0.497 e. The van der Waals surface area contributed by atoms with Gasteiger partial charge in [-0.25, -0.2) is 4.68 Å². The third-order valence-electron chi connectivity index (χ3n) is 3.33. The van der Waals surface area contributed by atoms with Crippen LogP contribution in [0.25, 0.3) is 5.69 Å². The summed E-state index contributed by atoms with van der Waals surface area (Å²) in [5, 5.41) is 13.8. The highest BCUT2D eigenvalue weighted by atomic mass is 16.5. The van der Waals surface area contributed by atoms with E-state index in [0.717, 1.165) is 42.0 Å². The maximum Gasteiger partial charge on any atom is 0.147 e. The van der Waals surface area contributed by atoms with Crippen LogP contribution in [0.15, 0.2) is 24.3 Å². The molecule has 1 aliphatic carbocycles. The van der Waals surface area contributed by atoms with Gasteiger partial charge in [-0.2, -0.15) is 10.4 Å². The minimum absolute atomic E-state index is 0.674. The Morgan fingerprint density at radius 2 is 2.06 bits per heavy atom. The lowest BCUT2D eigenvalue weighted by molar-refractivity contribution is 0.414. The zero-order valence-corrected chi connectivity index (χ0v) is 10.2. The van der Waals surface area contributed by atoms with Gasteiger partial charge < -0.3 is 4.74 Å². The van der Waals surface area contributed by atoms with E-state index in [4.69, 9.17) is 4.74 Å². The Morgan fingerprint density at radius 3 is 2.72 bits per heavy atom. The molecule has 0 N–H and O–H groups in total. The Bertz CT molecular complexity index is 620. The van der Waals surface area contributed by atoms with Crippen molar-refractivity contribution < 1.29 is 4.74 Å². The summed E-state index contributed by atoms with van der Waals surface area (Å²) in [6, 6.07) is 9.87. The number of hydrogen-bond donors (Lipinski definition) is 0. The summed E-state index contributed by atoms with van der Waals surface area (Å²) in [5.41, 5.74) is 3.77. The molecular formula is C14H13N3O. The molecule has 0 bridgehead atoms. The van der Waals surface area contributed by atoms with Crippen molar-refractivity contribution in [2.45, 2.75) is 19.3 Å². The first kappa shape index (κ1) is 10.8. The van der Waals surface area contributed by atoms with Gasteiger partial charge in [0.05, 0.1) is 18.5 Å². The highest BCUT2D eigenvalue weighted by molar-refractivity contribution is 5.46. The van der Waals surface area contributed by atoms with Crippen LogP contribution in [0.4, 0.5) is 0 Å². The molecule has 0 saturated carbocycles. The highest BCUT2D eigenvalue weighted by Crippen LogP contribution is 2.26. The number of methoxy groups -OCH3 is 1. The Morgan fingerprint density at radius 1 is 1.28 bits per heavy atom. The van der Waals surface area contributed by atoms with Gasteiger partial charge in [-0.1, -0.05) is 0 Å². The number of rotatable bonds is 2. The smallest absolute Gasteiger partial charge is 0.147 e. The van der Waals surface area contributed by atoms with E-state index in [2.05, 4.69) is 11.2 Å². The summed E-state index contributed by atoms with van der Waals surface area (Å²) in [6.07, 6.45) is 3.05. The molecule has 0 spiro atoms. The maximum atomic E-state index is 9.30. The van der Waals surface area contributed by atoms with E-state index in [-0.39, 0.29) is 0 Å². The van der Waals surface area contributed by atoms with Crippen LogP contribution in [-0.4, -0.2) is 16.9 Å². The lowest BCUT2D eigenvalue weighted by Crippen LogP contribution is -2.01. The molecular weight excluding hydrogens is 226 g/mol. The summed E-state index contributed by atoms with van der Waals surface area (Å²) in [7, 11) is 1.64. The number of benzene rings is 1. The lowest BCUT2D eigenvalue weighted by Gasteiger charge is -2.05. The summed E-state index contributed by atoms with van der Waals surface area (Å²) in [6.45, 7) is 0. The molecule has 2 aromatic rings. The first-order valence-corrected chi connectivity index (χ1v) is 5.99. The van der Waals surface area contributed by atoms with Gasteiger partial charge in [0.2, 0.25) is 0 Å². The standard InChI is InChI=1S/C14H13N3O/c1-18-11-7-5-10(6-8-11)17-14(9-15)12-3-2-4-13(12)16-17/h5-8H,2-4H2,1H3. The predicted octanol–water partition coefficient (Wildman–Crippen LogP) is 2.24. The van der Waals surface area contributed by atoms with Gasteiger partial charge in [-0.3, -0.25) is 0 Å². The van der Waals surface area contributed by atoms with Crippen LogP contribution < -0.4 is 4.74 Å². The molecule has 1 aliphatic rings. The fourth-order valence-corrected chi connectivity index (χ4v) is 2.42. The Hall–Kier alpha value is -2.28. The fraction of sp³-hybridized carbons (Fsp3) is 0.286. The summed E-state index contributed by atoms with van der Waals surface area (Å²) in [4.78, 5) is 0. The molecule has 1 aromatic carbocycles. The minimum atomic E-state index is 0.674. The molecule has 0 unspecified atom stereocenters. The predicted molar refractivity (Wildman–Crippen MR) is 66.9 cm³/mol. The SMILES string of the molecule is COc1ccc(-n2nc3c(c2C#N)CCC3)cc1. The Labute approximate surface area is 105 Å². The molecule has 3 rings (SSSR count). The second-order valence-electron chi connectivity index (χ2n) is 4.35. The quantitative estimate of drug-likeness (QED) is 0.807. The van der Waals surface area contributed by atoms with Crippen LogP contribution in [0.5, 0.6) is 5.75 Å². The third kappa shape index (κ3) is 1.56. The van der Waals surface area contributed by atoms with Crippen molar-refractivity contribution in [3.63, 3.8) is 0 Å². The molecule has 0 atom stereocenters. The van der Waals surface area contributed by atoms with E-state index in [9.17, 15) is 5.26 Å². The first-order valence-electron chi connectivity index (χ1n) is 5.99. The van der Waals surface area contributed by atoms with Gasteiger partial charge >= 0.3 is 0 Å². The van der Waals surface area contributed by atoms with Gasteiger partial charge in [0.15, 0.2) is 0 Å². The number of aryl methyl sites for hydroxylation is 1. The molecule has 0 aliphatic heterocycles. The average Bonchev–Trinajstić information content (AvgIpc) is 2.98. The number of fused-ring (bicyclic) bond motifs is 1. The molecule has 0 fully saturated rings. The van der Waals surface area contributed by atoms with E-state index in [1.54, 1.807) is 11.8 Å². The molecule has 1 aromatic heterocycles. The van der Waals surface area contributed by atoms with E-state index in [1.807, 2.05) is 24.3 Å². The summed E-state index contributed by atoms with van der Waals surface area (Å²) < 4.78 is 6.87. The van der Waals surface area contributed by atoms with Gasteiger partial charge in [-0.15, -0.1) is 0 Å². The molecule has 18 heavy (non-hydrogen) atoms. The van der Waals surface area contributed by atoms with E-state index in [0.29, 0.717) is 5.69 Å². The Balaban J connectivity index is 2.09. The van der Waals surface area contributed by atoms with Crippen molar-refractivity contribution >= 4 is 0 Å². The monoisotopic (exact) mass is 239 g/mol. The molecule has 4 heteroatoms. The van der Waals surface area contributed by atoms with Crippen LogP contribution in [0.2, 0.25) is 0 Å². The van der Waals surface area contributed by atoms with Crippen molar-refractivity contribution in [3.05, 3.63) is 41.2 Å². The van der Waals surface area contributed by atoms with Gasteiger partial charge in [0.1, 0.15) is 17.5 Å². The molecule has 0 radical (unpaired) electrons. The average molecular weight is 239 g/mol. The Kier molecular flexibility index (Phi) is 2.52. The normalized spacial score (nSPS) is 13.1. The highest BCUT2D eigenvalue weighted by Gasteiger charge is 2.22. The topological polar surface area (TPSA) is 50.8 Å². The van der Waals surface area contributed by atoms with Crippen molar-refractivity contribution in [1.29, 1.82) is 5.26 Å². The molecule has 4 nitrogen and oxygen atoms in total. The van der Waals surface area contributed by atoms with Crippen molar-refractivity contribution in [2.75, 3.05) is 7.11 Å². The zero-order valence-electron chi connectivity index (χ0n) is 10.2. The zero-order chi connectivity index (χ0) is 12.5. The molecule has 0 amide bonds. The first-order chi connectivity index (χ1) is 8.83. The van der Waals surface area contributed by atoms with Gasteiger partial charge in [0.25, 0.3) is 0 Å². The number of ether oxygens (including phenoxy) is 1. The third-order valence-corrected chi connectivity index (χ3v) is 3.33. The second kappa shape index (κ2) is 4.19. The summed E-state index contributed by atoms with van der Waals surface area (Å²) in [5.74, 6) is 0.803. The van der Waals surface area contributed by atoms with Crippen LogP contribution >= 0.6 is 0 Å². The molecule has 0 saturated heterocycles. The van der Waals surface area contributed by atoms with E-state index in [1.165, 1.54) is 0 Å². The van der Waals surface area contributed by atoms with Crippen LogP contribution in [0.3, 0.4) is 0 Å². The molecule has 90 valence electrons. The fourth-order valence-electron chi connectivity index (χ4n) is 2.42. The number of nitrogens with zero attached hydrogens (tertiary/aromatic N) is 3.